The summed E-state index contributed by atoms with van der Waals surface area (Å²) in [5.74, 6) is -2.72. The predicted octanol–water partition coefficient (Wildman–Crippen LogP) is 1.40. The van der Waals surface area contributed by atoms with E-state index < -0.39 is 39.6 Å². The van der Waals surface area contributed by atoms with Crippen LogP contribution in [0.25, 0.3) is 5.69 Å². The number of nitrogens with one attached hydrogen (secondary N) is 1. The average molecular weight is 435 g/mol. The number of carbonyl (C=O) groups is 2. The lowest BCUT2D eigenvalue weighted by Gasteiger charge is -2.21. The van der Waals surface area contributed by atoms with Crippen LogP contribution in [0.3, 0.4) is 0 Å². The Hall–Kier alpha value is -2.85. The molecule has 2 aromatic rings. The van der Waals surface area contributed by atoms with Crippen LogP contribution in [-0.2, 0) is 19.6 Å². The second kappa shape index (κ2) is 8.49. The Labute approximate surface area is 173 Å². The van der Waals surface area contributed by atoms with E-state index in [1.807, 2.05) is 0 Å². The van der Waals surface area contributed by atoms with E-state index in [0.29, 0.717) is 12.0 Å². The van der Waals surface area contributed by atoms with Crippen molar-refractivity contribution in [1.29, 1.82) is 0 Å². The standard InChI is InChI=1S/C20H22FN3O5S/c1-23(30(2,28)29)15-9-13(12-25)16(10-15)20(27)22-18-7-6-14(11-17(18)21)24-8-4-3-5-19(24)26/h3-8,11-13,15-16H,9-10H2,1-2H3,(H,22,27)/t13?,15?,16-/m0/s1. The number of benzene rings is 1. The summed E-state index contributed by atoms with van der Waals surface area (Å²) in [6.07, 6.45) is 3.59. The minimum atomic E-state index is -3.47. The van der Waals surface area contributed by atoms with Gasteiger partial charge in [0.25, 0.3) is 5.56 Å². The molecular weight excluding hydrogens is 413 g/mol. The predicted molar refractivity (Wildman–Crippen MR) is 109 cm³/mol. The van der Waals surface area contributed by atoms with Crippen molar-refractivity contribution in [2.24, 2.45) is 11.8 Å². The van der Waals surface area contributed by atoms with Crippen molar-refractivity contribution in [3.63, 3.8) is 0 Å². The summed E-state index contributed by atoms with van der Waals surface area (Å²) in [4.78, 5) is 36.0. The fourth-order valence-electron chi connectivity index (χ4n) is 3.68. The summed E-state index contributed by atoms with van der Waals surface area (Å²) in [5.41, 5.74) is -0.107. The zero-order chi connectivity index (χ0) is 22.1. The highest BCUT2D eigenvalue weighted by atomic mass is 32.2. The maximum Gasteiger partial charge on any atom is 0.255 e. The Morgan fingerprint density at radius 2 is 2.00 bits per heavy atom. The van der Waals surface area contributed by atoms with Crippen LogP contribution in [0, 0.1) is 17.7 Å². The number of pyridine rings is 1. The van der Waals surface area contributed by atoms with Gasteiger partial charge in [0, 0.05) is 43.3 Å². The Balaban J connectivity index is 1.78. The van der Waals surface area contributed by atoms with Crippen LogP contribution >= 0.6 is 0 Å². The molecule has 0 bridgehead atoms. The van der Waals surface area contributed by atoms with Gasteiger partial charge in [0.2, 0.25) is 15.9 Å². The van der Waals surface area contributed by atoms with Gasteiger partial charge in [-0.1, -0.05) is 6.07 Å². The fraction of sp³-hybridized carbons (Fsp3) is 0.350. The van der Waals surface area contributed by atoms with Crippen molar-refractivity contribution in [3.05, 3.63) is 58.8 Å². The average Bonchev–Trinajstić information content (AvgIpc) is 3.13. The number of hydrogen-bond donors (Lipinski definition) is 1. The first-order valence-electron chi connectivity index (χ1n) is 9.28. The van der Waals surface area contributed by atoms with E-state index in [0.717, 1.165) is 16.6 Å². The molecule has 1 aromatic heterocycles. The topological polar surface area (TPSA) is 106 Å². The van der Waals surface area contributed by atoms with E-state index in [1.54, 1.807) is 12.1 Å². The lowest BCUT2D eigenvalue weighted by Crippen LogP contribution is -2.35. The minimum Gasteiger partial charge on any atom is -0.323 e. The molecular formula is C20H22FN3O5S. The van der Waals surface area contributed by atoms with Crippen LogP contribution in [-0.4, -0.2) is 48.8 Å². The molecule has 1 heterocycles. The number of halogens is 1. The number of nitrogens with zero attached hydrogens (tertiary/aromatic N) is 2. The van der Waals surface area contributed by atoms with Crippen LogP contribution in [0.4, 0.5) is 10.1 Å². The molecule has 2 unspecified atom stereocenters. The van der Waals surface area contributed by atoms with Gasteiger partial charge in [-0.15, -0.1) is 0 Å². The molecule has 1 aromatic carbocycles. The van der Waals surface area contributed by atoms with Gasteiger partial charge in [-0.25, -0.2) is 17.1 Å². The molecule has 1 N–H and O–H groups in total. The minimum absolute atomic E-state index is 0.0858. The molecule has 0 saturated heterocycles. The van der Waals surface area contributed by atoms with Crippen LogP contribution < -0.4 is 10.9 Å². The second-order valence-corrected chi connectivity index (χ2v) is 9.42. The highest BCUT2D eigenvalue weighted by Crippen LogP contribution is 2.35. The third-order valence-electron chi connectivity index (χ3n) is 5.45. The van der Waals surface area contributed by atoms with Crippen molar-refractivity contribution in [3.8, 4) is 5.69 Å². The normalized spacial score (nSPS) is 21.5. The Morgan fingerprint density at radius 3 is 2.60 bits per heavy atom. The molecule has 1 amide bonds. The lowest BCUT2D eigenvalue weighted by atomic mass is 9.96. The monoisotopic (exact) mass is 435 g/mol. The van der Waals surface area contributed by atoms with E-state index in [4.69, 9.17) is 0 Å². The van der Waals surface area contributed by atoms with Gasteiger partial charge in [-0.2, -0.15) is 0 Å². The summed E-state index contributed by atoms with van der Waals surface area (Å²) < 4.78 is 40.5. The maximum atomic E-state index is 14.6. The molecule has 1 fully saturated rings. The summed E-state index contributed by atoms with van der Waals surface area (Å²) in [7, 11) is -2.06. The summed E-state index contributed by atoms with van der Waals surface area (Å²) in [5, 5.41) is 2.48. The van der Waals surface area contributed by atoms with Gasteiger partial charge in [-0.05, 0) is 31.0 Å². The van der Waals surface area contributed by atoms with Gasteiger partial charge < -0.3 is 10.1 Å². The molecule has 1 saturated carbocycles. The molecule has 30 heavy (non-hydrogen) atoms. The molecule has 3 atom stereocenters. The smallest absolute Gasteiger partial charge is 0.255 e. The number of aromatic nitrogens is 1. The highest BCUT2D eigenvalue weighted by molar-refractivity contribution is 7.88. The van der Waals surface area contributed by atoms with Gasteiger partial charge in [0.15, 0.2) is 0 Å². The highest BCUT2D eigenvalue weighted by Gasteiger charge is 2.42. The van der Waals surface area contributed by atoms with Crippen LogP contribution in [0.5, 0.6) is 0 Å². The third kappa shape index (κ3) is 4.49. The van der Waals surface area contributed by atoms with Gasteiger partial charge in [-0.3, -0.25) is 14.2 Å². The maximum absolute atomic E-state index is 14.6. The summed E-state index contributed by atoms with van der Waals surface area (Å²) in [6, 6.07) is 8.03. The Morgan fingerprint density at radius 1 is 1.27 bits per heavy atom. The molecule has 1 aliphatic rings. The SMILES string of the molecule is CN(C1CC(C=O)[C@@H](C(=O)Nc2ccc(-n3ccccc3=O)cc2F)C1)S(C)(=O)=O. The Bertz CT molecular complexity index is 1130. The summed E-state index contributed by atoms with van der Waals surface area (Å²) >= 11 is 0. The first kappa shape index (κ1) is 21.8. The van der Waals surface area contributed by atoms with Crippen molar-refractivity contribution < 1.29 is 22.4 Å². The molecule has 160 valence electrons. The molecule has 1 aliphatic carbocycles. The first-order chi connectivity index (χ1) is 14.1. The molecule has 10 heteroatoms. The zero-order valence-electron chi connectivity index (χ0n) is 16.5. The van der Waals surface area contributed by atoms with E-state index in [-0.39, 0.29) is 24.1 Å². The number of rotatable bonds is 6. The number of anilines is 1. The van der Waals surface area contributed by atoms with Crippen LogP contribution in [0.2, 0.25) is 0 Å². The van der Waals surface area contributed by atoms with Gasteiger partial charge >= 0.3 is 0 Å². The number of aldehydes is 1. The van der Waals surface area contributed by atoms with Gasteiger partial charge in [0.05, 0.1) is 17.6 Å². The molecule has 8 nitrogen and oxygen atoms in total. The quantitative estimate of drug-likeness (QED) is 0.691. The van der Waals surface area contributed by atoms with E-state index >= 15 is 0 Å². The van der Waals surface area contributed by atoms with Crippen molar-refractivity contribution >= 4 is 27.9 Å². The first-order valence-corrected chi connectivity index (χ1v) is 11.1. The van der Waals surface area contributed by atoms with E-state index in [1.165, 1.54) is 36.0 Å². The van der Waals surface area contributed by atoms with Gasteiger partial charge in [0.1, 0.15) is 12.1 Å². The molecule has 0 spiro atoms. The molecule has 3 rings (SSSR count). The molecule has 0 radical (unpaired) electrons. The zero-order valence-corrected chi connectivity index (χ0v) is 17.3. The number of sulfonamides is 1. The van der Waals surface area contributed by atoms with Crippen molar-refractivity contribution in [2.75, 3.05) is 18.6 Å². The van der Waals surface area contributed by atoms with E-state index in [2.05, 4.69) is 5.32 Å². The largest absolute Gasteiger partial charge is 0.323 e. The second-order valence-electron chi connectivity index (χ2n) is 7.37. The van der Waals surface area contributed by atoms with E-state index in [9.17, 15) is 27.2 Å². The molecule has 0 aliphatic heterocycles. The number of amides is 1. The lowest BCUT2D eigenvalue weighted by molar-refractivity contribution is -0.124. The number of hydrogen-bond acceptors (Lipinski definition) is 5. The number of carbonyl (C=O) groups excluding carboxylic acids is 2. The van der Waals surface area contributed by atoms with Crippen LogP contribution in [0.15, 0.2) is 47.4 Å². The van der Waals surface area contributed by atoms with Crippen molar-refractivity contribution in [2.45, 2.75) is 18.9 Å². The third-order valence-corrected chi connectivity index (χ3v) is 6.79. The van der Waals surface area contributed by atoms with Crippen LogP contribution in [0.1, 0.15) is 12.8 Å². The summed E-state index contributed by atoms with van der Waals surface area (Å²) in [6.45, 7) is 0. The Kier molecular flexibility index (Phi) is 6.18. The van der Waals surface area contributed by atoms with Crippen molar-refractivity contribution in [1.82, 2.24) is 8.87 Å². The fourth-order valence-corrected chi connectivity index (χ4v) is 4.40.